The van der Waals surface area contributed by atoms with Gasteiger partial charge in [0.1, 0.15) is 0 Å². The van der Waals surface area contributed by atoms with Gasteiger partial charge in [0.15, 0.2) is 0 Å². The Bertz CT molecular complexity index is 544. The summed E-state index contributed by atoms with van der Waals surface area (Å²) in [6.07, 6.45) is 5.41. The van der Waals surface area contributed by atoms with Crippen molar-refractivity contribution < 1.29 is 9.90 Å². The van der Waals surface area contributed by atoms with E-state index in [1.54, 1.807) is 0 Å². The molecule has 2 unspecified atom stereocenters. The first-order valence-electron chi connectivity index (χ1n) is 8.43. The Hall–Kier alpha value is -1.39. The number of fused-ring (bicyclic) bond motifs is 1. The summed E-state index contributed by atoms with van der Waals surface area (Å²) in [4.78, 5) is 14.2. The van der Waals surface area contributed by atoms with E-state index >= 15 is 0 Å². The Morgan fingerprint density at radius 2 is 2.14 bits per heavy atom. The lowest BCUT2D eigenvalue weighted by molar-refractivity contribution is -0.122. The smallest absolute Gasteiger partial charge is 0.234 e. The first-order valence-corrected chi connectivity index (χ1v) is 8.43. The molecule has 2 aliphatic rings. The quantitative estimate of drug-likeness (QED) is 0.892. The number of nitrogens with zero attached hydrogens (tertiary/aromatic N) is 1. The Balaban J connectivity index is 1.57. The monoisotopic (exact) mass is 302 g/mol. The van der Waals surface area contributed by atoms with Gasteiger partial charge in [-0.25, -0.2) is 0 Å². The van der Waals surface area contributed by atoms with Crippen molar-refractivity contribution >= 4 is 5.91 Å². The van der Waals surface area contributed by atoms with Crippen LogP contribution < -0.4 is 5.32 Å². The van der Waals surface area contributed by atoms with Crippen molar-refractivity contribution in [3.05, 3.63) is 34.9 Å². The number of nitrogens with one attached hydrogen (secondary N) is 1. The van der Waals surface area contributed by atoms with E-state index in [4.69, 9.17) is 0 Å². The molecule has 1 aromatic rings. The van der Waals surface area contributed by atoms with Crippen molar-refractivity contribution in [3.8, 4) is 0 Å². The lowest BCUT2D eigenvalue weighted by Gasteiger charge is -2.21. The van der Waals surface area contributed by atoms with Gasteiger partial charge in [-0.2, -0.15) is 0 Å². The molecule has 0 spiro atoms. The molecule has 4 nitrogen and oxygen atoms in total. The molecule has 0 radical (unpaired) electrons. The summed E-state index contributed by atoms with van der Waals surface area (Å²) in [5, 5.41) is 12.6. The number of aryl methyl sites for hydroxylation is 2. The van der Waals surface area contributed by atoms with E-state index in [0.717, 1.165) is 19.4 Å². The molecule has 120 valence electrons. The van der Waals surface area contributed by atoms with Crippen molar-refractivity contribution in [1.29, 1.82) is 0 Å². The largest absolute Gasteiger partial charge is 0.392 e. The lowest BCUT2D eigenvalue weighted by Crippen LogP contribution is -2.37. The molecule has 0 saturated carbocycles. The fourth-order valence-corrected chi connectivity index (χ4v) is 3.55. The number of carbonyl (C=O) groups excluding carboxylic acids is 1. The van der Waals surface area contributed by atoms with Gasteiger partial charge in [0.25, 0.3) is 0 Å². The zero-order valence-electron chi connectivity index (χ0n) is 13.3. The van der Waals surface area contributed by atoms with Gasteiger partial charge in [0, 0.05) is 13.1 Å². The highest BCUT2D eigenvalue weighted by atomic mass is 16.3. The maximum Gasteiger partial charge on any atom is 0.234 e. The number of carbonyl (C=O) groups is 1. The molecule has 1 aliphatic heterocycles. The highest BCUT2D eigenvalue weighted by Crippen LogP contribution is 2.24. The average molecular weight is 302 g/mol. The van der Waals surface area contributed by atoms with Gasteiger partial charge in [0.2, 0.25) is 5.91 Å². The number of aliphatic hydroxyl groups excluding tert-OH is 1. The number of benzene rings is 1. The third-order valence-electron chi connectivity index (χ3n) is 4.86. The van der Waals surface area contributed by atoms with Crippen LogP contribution in [0.5, 0.6) is 0 Å². The Morgan fingerprint density at radius 1 is 1.36 bits per heavy atom. The van der Waals surface area contributed by atoms with Crippen molar-refractivity contribution in [2.24, 2.45) is 0 Å². The van der Waals surface area contributed by atoms with Crippen LogP contribution in [0.3, 0.4) is 0 Å². The standard InChI is InChI=1S/C18H26N2O2/c1-13(19-18(22)12-20-9-8-17(21)11-20)15-7-6-14-4-2-3-5-16(14)10-15/h6-7,10,13,17,21H,2-5,8-9,11-12H2,1H3,(H,19,22). The molecule has 1 aliphatic carbocycles. The van der Waals surface area contributed by atoms with Gasteiger partial charge < -0.3 is 10.4 Å². The summed E-state index contributed by atoms with van der Waals surface area (Å²) in [5.41, 5.74) is 4.11. The topological polar surface area (TPSA) is 52.6 Å². The highest BCUT2D eigenvalue weighted by Gasteiger charge is 2.22. The molecule has 0 bridgehead atoms. The van der Waals surface area contributed by atoms with E-state index < -0.39 is 0 Å². The van der Waals surface area contributed by atoms with Crippen LogP contribution in [-0.4, -0.2) is 41.7 Å². The summed E-state index contributed by atoms with van der Waals surface area (Å²) in [5.74, 6) is 0.0410. The second kappa shape index (κ2) is 6.80. The molecule has 22 heavy (non-hydrogen) atoms. The van der Waals surface area contributed by atoms with E-state index in [2.05, 4.69) is 23.5 Å². The Kier molecular flexibility index (Phi) is 4.79. The summed E-state index contributed by atoms with van der Waals surface area (Å²) in [6, 6.07) is 6.67. The minimum atomic E-state index is -0.272. The van der Waals surface area contributed by atoms with E-state index in [1.165, 1.54) is 36.0 Å². The van der Waals surface area contributed by atoms with E-state index in [1.807, 2.05) is 11.8 Å². The van der Waals surface area contributed by atoms with Gasteiger partial charge >= 0.3 is 0 Å². The van der Waals surface area contributed by atoms with Crippen LogP contribution >= 0.6 is 0 Å². The number of aliphatic hydroxyl groups is 1. The molecule has 1 saturated heterocycles. The summed E-state index contributed by atoms with van der Waals surface area (Å²) in [7, 11) is 0. The van der Waals surface area contributed by atoms with Crippen LogP contribution in [0.15, 0.2) is 18.2 Å². The van der Waals surface area contributed by atoms with Crippen LogP contribution in [-0.2, 0) is 17.6 Å². The zero-order chi connectivity index (χ0) is 15.5. The van der Waals surface area contributed by atoms with Crippen LogP contribution in [0.1, 0.15) is 48.9 Å². The molecular formula is C18H26N2O2. The van der Waals surface area contributed by atoms with Crippen LogP contribution in [0.4, 0.5) is 0 Å². The molecule has 0 aromatic heterocycles. The predicted octanol–water partition coefficient (Wildman–Crippen LogP) is 1.81. The zero-order valence-corrected chi connectivity index (χ0v) is 13.3. The van der Waals surface area contributed by atoms with Gasteiger partial charge in [-0.05, 0) is 55.7 Å². The van der Waals surface area contributed by atoms with E-state index in [-0.39, 0.29) is 18.1 Å². The van der Waals surface area contributed by atoms with E-state index in [0.29, 0.717) is 13.1 Å². The first-order chi connectivity index (χ1) is 10.6. The van der Waals surface area contributed by atoms with Crippen molar-refractivity contribution in [2.75, 3.05) is 19.6 Å². The van der Waals surface area contributed by atoms with Gasteiger partial charge in [-0.3, -0.25) is 9.69 Å². The van der Waals surface area contributed by atoms with Gasteiger partial charge in [-0.15, -0.1) is 0 Å². The maximum atomic E-state index is 12.1. The molecule has 4 heteroatoms. The maximum absolute atomic E-state index is 12.1. The Labute approximate surface area is 132 Å². The van der Waals surface area contributed by atoms with Gasteiger partial charge in [-0.1, -0.05) is 18.2 Å². The highest BCUT2D eigenvalue weighted by molar-refractivity contribution is 5.78. The molecule has 2 N–H and O–H groups in total. The minimum absolute atomic E-state index is 0.0345. The molecule has 1 amide bonds. The second-order valence-corrected chi connectivity index (χ2v) is 6.70. The average Bonchev–Trinajstić information content (AvgIpc) is 2.91. The first kappa shape index (κ1) is 15.5. The second-order valence-electron chi connectivity index (χ2n) is 6.70. The number of amides is 1. The Morgan fingerprint density at radius 3 is 2.86 bits per heavy atom. The van der Waals surface area contributed by atoms with Crippen LogP contribution in [0.25, 0.3) is 0 Å². The minimum Gasteiger partial charge on any atom is -0.392 e. The van der Waals surface area contributed by atoms with Crippen LogP contribution in [0, 0.1) is 0 Å². The van der Waals surface area contributed by atoms with Crippen molar-refractivity contribution in [1.82, 2.24) is 10.2 Å². The fraction of sp³-hybridized carbons (Fsp3) is 0.611. The SMILES string of the molecule is CC(NC(=O)CN1CCC(O)C1)c1ccc2c(c1)CCCC2. The normalized spacial score (nSPS) is 23.1. The van der Waals surface area contributed by atoms with Gasteiger partial charge in [0.05, 0.1) is 18.7 Å². The third kappa shape index (κ3) is 3.68. The molecule has 3 rings (SSSR count). The molecular weight excluding hydrogens is 276 g/mol. The van der Waals surface area contributed by atoms with Crippen molar-refractivity contribution in [2.45, 2.75) is 51.2 Å². The van der Waals surface area contributed by atoms with Crippen molar-refractivity contribution in [3.63, 3.8) is 0 Å². The van der Waals surface area contributed by atoms with E-state index in [9.17, 15) is 9.90 Å². The van der Waals surface area contributed by atoms with Crippen LogP contribution in [0.2, 0.25) is 0 Å². The molecule has 1 heterocycles. The fourth-order valence-electron chi connectivity index (χ4n) is 3.55. The molecule has 2 atom stereocenters. The number of likely N-dealkylation sites (tertiary alicyclic amines) is 1. The summed E-state index contributed by atoms with van der Waals surface area (Å²) in [6.45, 7) is 3.84. The number of hydrogen-bond acceptors (Lipinski definition) is 3. The number of hydrogen-bond donors (Lipinski definition) is 2. The number of rotatable bonds is 4. The summed E-state index contributed by atoms with van der Waals surface area (Å²) < 4.78 is 0. The predicted molar refractivity (Wildman–Crippen MR) is 86.7 cm³/mol. The lowest BCUT2D eigenvalue weighted by atomic mass is 9.89. The molecule has 1 fully saturated rings. The third-order valence-corrected chi connectivity index (χ3v) is 4.86. The molecule has 1 aromatic carbocycles. The number of β-amino-alcohol motifs (C(OH)–C–C–N with tert-alkyl or cyclic N) is 1. The summed E-state index contributed by atoms with van der Waals surface area (Å²) >= 11 is 0.